The third kappa shape index (κ3) is 4.91. The van der Waals surface area contributed by atoms with Crippen molar-refractivity contribution < 1.29 is 9.84 Å². The topological polar surface area (TPSA) is 105 Å². The minimum atomic E-state index is -0.661. The number of aliphatic hydroxyl groups excluding tert-OH is 1. The molecule has 3 N–H and O–H groups in total. The minimum Gasteiger partial charge on any atom is -0.491 e. The monoisotopic (exact) mass is 316 g/mol. The first kappa shape index (κ1) is 16.1. The zero-order valence-corrected chi connectivity index (χ0v) is 12.9. The molecule has 114 valence electrons. The zero-order chi connectivity index (χ0) is 15.9. The maximum atomic E-state index is 9.93. The molecule has 0 amide bonds. The number of aromatic nitrogens is 2. The largest absolute Gasteiger partial charge is 0.491 e. The van der Waals surface area contributed by atoms with Gasteiger partial charge >= 0.3 is 0 Å². The molecule has 2 rings (SSSR count). The Morgan fingerprint density at radius 1 is 1.36 bits per heavy atom. The molecular formula is C15H16N4O2S. The average Bonchev–Trinajstić information content (AvgIpc) is 2.50. The lowest BCUT2D eigenvalue weighted by atomic mass is 10.2. The average molecular weight is 316 g/mol. The number of aliphatic hydroxyl groups is 1. The molecule has 22 heavy (non-hydrogen) atoms. The van der Waals surface area contributed by atoms with E-state index in [0.29, 0.717) is 28.0 Å². The number of nitrogens with two attached hydrogens (primary N) is 1. The van der Waals surface area contributed by atoms with Crippen LogP contribution in [0.2, 0.25) is 0 Å². The van der Waals surface area contributed by atoms with Gasteiger partial charge in [-0.3, -0.25) is 0 Å². The van der Waals surface area contributed by atoms with Gasteiger partial charge in [0.2, 0.25) is 0 Å². The highest BCUT2D eigenvalue weighted by Gasteiger charge is 2.09. The van der Waals surface area contributed by atoms with Gasteiger partial charge in [-0.25, -0.2) is 9.97 Å². The summed E-state index contributed by atoms with van der Waals surface area (Å²) in [5, 5.41) is 19.2. The first-order valence-electron chi connectivity index (χ1n) is 6.62. The SMILES string of the molecule is Cc1cc(N)nc(SCC(O)COc2ccc(C#N)cc2)n1. The Kier molecular flexibility index (Phi) is 5.58. The predicted molar refractivity (Wildman–Crippen MR) is 84.6 cm³/mol. The van der Waals surface area contributed by atoms with Gasteiger partial charge in [-0.1, -0.05) is 11.8 Å². The fourth-order valence-corrected chi connectivity index (χ4v) is 2.48. The highest BCUT2D eigenvalue weighted by atomic mass is 32.2. The minimum absolute atomic E-state index is 0.153. The van der Waals surface area contributed by atoms with Crippen molar-refractivity contribution in [2.45, 2.75) is 18.2 Å². The number of benzene rings is 1. The Bertz CT molecular complexity index is 650. The summed E-state index contributed by atoms with van der Waals surface area (Å²) in [5.74, 6) is 1.43. The number of ether oxygens (including phenoxy) is 1. The van der Waals surface area contributed by atoms with Crippen LogP contribution in [-0.4, -0.2) is 33.5 Å². The van der Waals surface area contributed by atoms with Crippen molar-refractivity contribution in [1.29, 1.82) is 5.26 Å². The van der Waals surface area contributed by atoms with Crippen molar-refractivity contribution in [2.24, 2.45) is 0 Å². The molecule has 7 heteroatoms. The van der Waals surface area contributed by atoms with Crippen molar-refractivity contribution >= 4 is 17.6 Å². The van der Waals surface area contributed by atoms with Crippen LogP contribution in [0.4, 0.5) is 5.82 Å². The van der Waals surface area contributed by atoms with E-state index < -0.39 is 6.10 Å². The summed E-state index contributed by atoms with van der Waals surface area (Å²) in [6, 6.07) is 10.5. The number of nitrogen functional groups attached to an aromatic ring is 1. The molecular weight excluding hydrogens is 300 g/mol. The van der Waals surface area contributed by atoms with E-state index in [1.165, 1.54) is 11.8 Å². The van der Waals surface area contributed by atoms with Gasteiger partial charge in [0.1, 0.15) is 18.2 Å². The van der Waals surface area contributed by atoms with Gasteiger partial charge in [0.25, 0.3) is 0 Å². The number of hydrogen-bond donors (Lipinski definition) is 2. The lowest BCUT2D eigenvalue weighted by Gasteiger charge is -2.12. The fourth-order valence-electron chi connectivity index (χ4n) is 1.67. The summed E-state index contributed by atoms with van der Waals surface area (Å²) in [4.78, 5) is 8.32. The number of anilines is 1. The van der Waals surface area contributed by atoms with Gasteiger partial charge in [-0.15, -0.1) is 0 Å². The van der Waals surface area contributed by atoms with Crippen molar-refractivity contribution in [3.05, 3.63) is 41.6 Å². The predicted octanol–water partition coefficient (Wildman–Crippen LogP) is 1.77. The van der Waals surface area contributed by atoms with Gasteiger partial charge in [0.05, 0.1) is 17.7 Å². The fraction of sp³-hybridized carbons (Fsp3) is 0.267. The third-order valence-corrected chi connectivity index (χ3v) is 3.68. The molecule has 1 heterocycles. The highest BCUT2D eigenvalue weighted by molar-refractivity contribution is 7.99. The number of nitriles is 1. The number of aryl methyl sites for hydroxylation is 1. The summed E-state index contributed by atoms with van der Waals surface area (Å²) < 4.78 is 5.46. The van der Waals surface area contributed by atoms with Crippen molar-refractivity contribution in [2.75, 3.05) is 18.1 Å². The second-order valence-corrected chi connectivity index (χ2v) is 5.62. The molecule has 0 spiro atoms. The summed E-state index contributed by atoms with van der Waals surface area (Å²) in [7, 11) is 0. The molecule has 0 aliphatic heterocycles. The van der Waals surface area contributed by atoms with Gasteiger partial charge in [0, 0.05) is 17.5 Å². The number of rotatable bonds is 6. The number of nitrogens with zero attached hydrogens (tertiary/aromatic N) is 3. The molecule has 2 aromatic rings. The van der Waals surface area contributed by atoms with E-state index in [1.807, 2.05) is 13.0 Å². The van der Waals surface area contributed by atoms with Crippen molar-refractivity contribution in [3.63, 3.8) is 0 Å². The first-order chi connectivity index (χ1) is 10.6. The van der Waals surface area contributed by atoms with E-state index in [0.717, 1.165) is 5.69 Å². The quantitative estimate of drug-likeness (QED) is 0.618. The summed E-state index contributed by atoms with van der Waals surface area (Å²) in [5.41, 5.74) is 7.01. The molecule has 1 unspecified atom stereocenters. The maximum absolute atomic E-state index is 9.93. The highest BCUT2D eigenvalue weighted by Crippen LogP contribution is 2.17. The van der Waals surface area contributed by atoms with Crippen LogP contribution in [0.3, 0.4) is 0 Å². The lowest BCUT2D eigenvalue weighted by Crippen LogP contribution is -2.20. The molecule has 0 aliphatic rings. The van der Waals surface area contributed by atoms with Crippen LogP contribution in [0.5, 0.6) is 5.75 Å². The molecule has 1 atom stereocenters. The van der Waals surface area contributed by atoms with E-state index in [-0.39, 0.29) is 6.61 Å². The Balaban J connectivity index is 1.80. The van der Waals surface area contributed by atoms with Gasteiger partial charge in [-0.05, 0) is 31.2 Å². The Labute approximate surface area is 133 Å². The van der Waals surface area contributed by atoms with E-state index in [1.54, 1.807) is 30.3 Å². The van der Waals surface area contributed by atoms with Gasteiger partial charge in [-0.2, -0.15) is 5.26 Å². The smallest absolute Gasteiger partial charge is 0.189 e. The van der Waals surface area contributed by atoms with E-state index in [9.17, 15) is 5.11 Å². The van der Waals surface area contributed by atoms with Crippen LogP contribution in [0.1, 0.15) is 11.3 Å². The maximum Gasteiger partial charge on any atom is 0.189 e. The molecule has 0 radical (unpaired) electrons. The molecule has 0 saturated heterocycles. The molecule has 0 bridgehead atoms. The van der Waals surface area contributed by atoms with E-state index >= 15 is 0 Å². The van der Waals surface area contributed by atoms with Crippen LogP contribution in [0.25, 0.3) is 0 Å². The van der Waals surface area contributed by atoms with E-state index in [4.69, 9.17) is 15.7 Å². The molecule has 0 fully saturated rings. The van der Waals surface area contributed by atoms with Crippen molar-refractivity contribution in [1.82, 2.24) is 9.97 Å². The van der Waals surface area contributed by atoms with Crippen LogP contribution < -0.4 is 10.5 Å². The molecule has 1 aromatic heterocycles. The standard InChI is InChI=1S/C15H16N4O2S/c1-10-6-14(17)19-15(18-10)22-9-12(20)8-21-13-4-2-11(7-16)3-5-13/h2-6,12,20H,8-9H2,1H3,(H2,17,18,19). The van der Waals surface area contributed by atoms with E-state index in [2.05, 4.69) is 9.97 Å². The van der Waals surface area contributed by atoms with Crippen LogP contribution in [-0.2, 0) is 0 Å². The van der Waals surface area contributed by atoms with Gasteiger partial charge < -0.3 is 15.6 Å². The van der Waals surface area contributed by atoms with Crippen molar-refractivity contribution in [3.8, 4) is 11.8 Å². The van der Waals surface area contributed by atoms with Crippen LogP contribution in [0.15, 0.2) is 35.5 Å². The molecule has 1 aromatic carbocycles. The number of hydrogen-bond acceptors (Lipinski definition) is 7. The molecule has 0 aliphatic carbocycles. The summed E-state index contributed by atoms with van der Waals surface area (Å²) >= 11 is 1.32. The van der Waals surface area contributed by atoms with Crippen LogP contribution in [0, 0.1) is 18.3 Å². The first-order valence-corrected chi connectivity index (χ1v) is 7.60. The van der Waals surface area contributed by atoms with Crippen LogP contribution >= 0.6 is 11.8 Å². The normalized spacial score (nSPS) is 11.7. The summed E-state index contributed by atoms with van der Waals surface area (Å²) in [6.07, 6.45) is -0.661. The van der Waals surface area contributed by atoms with Gasteiger partial charge in [0.15, 0.2) is 5.16 Å². The zero-order valence-electron chi connectivity index (χ0n) is 12.1. The lowest BCUT2D eigenvalue weighted by molar-refractivity contribution is 0.126. The number of thioether (sulfide) groups is 1. The Morgan fingerprint density at radius 3 is 2.73 bits per heavy atom. The molecule has 0 saturated carbocycles. The Morgan fingerprint density at radius 2 is 2.09 bits per heavy atom. The Hall–Kier alpha value is -2.30. The summed E-state index contributed by atoms with van der Waals surface area (Å²) in [6.45, 7) is 1.99. The molecule has 6 nitrogen and oxygen atoms in total. The second kappa shape index (κ2) is 7.64. The third-order valence-electron chi connectivity index (χ3n) is 2.68. The second-order valence-electron chi connectivity index (χ2n) is 4.63.